The Balaban J connectivity index is 0.00000225. The molecule has 0 spiro atoms. The molecule has 0 radical (unpaired) electrons. The van der Waals surface area contributed by atoms with Crippen LogP contribution in [0.2, 0.25) is 0 Å². The third-order valence-electron chi connectivity index (χ3n) is 4.27. The minimum Gasteiger partial charge on any atom is -0.368 e. The molecule has 1 amide bonds. The summed E-state index contributed by atoms with van der Waals surface area (Å²) in [5, 5.41) is 17.0. The zero-order valence-electron chi connectivity index (χ0n) is 14.0. The predicted octanol–water partition coefficient (Wildman–Crippen LogP) is 1.24. The van der Waals surface area contributed by atoms with Crippen molar-refractivity contribution in [3.63, 3.8) is 0 Å². The van der Waals surface area contributed by atoms with Crippen molar-refractivity contribution in [2.75, 3.05) is 25.5 Å². The van der Waals surface area contributed by atoms with Gasteiger partial charge in [0.1, 0.15) is 17.1 Å². The lowest BCUT2D eigenvalue weighted by atomic mass is 9.91. The van der Waals surface area contributed by atoms with Crippen molar-refractivity contribution in [2.24, 2.45) is 0 Å². The molecular weight excluding hydrogens is 351 g/mol. The number of methoxy groups -OCH3 is 1. The second-order valence-electron chi connectivity index (χ2n) is 5.71. The standard InChI is InChI=1S/C15H19FN6O2.ClH/c1-10-19-20-21-22(10)13-9-11(3-4-12(13)16)18-14(23)15(24-2)5-7-17-8-6-15;/h3-4,9,17H,5-8H2,1-2H3,(H,18,23);1H. The summed E-state index contributed by atoms with van der Waals surface area (Å²) in [6.45, 7) is 3.08. The second kappa shape index (κ2) is 7.85. The van der Waals surface area contributed by atoms with Crippen LogP contribution in [0.1, 0.15) is 18.7 Å². The number of benzene rings is 1. The molecule has 8 nitrogen and oxygen atoms in total. The minimum atomic E-state index is -0.871. The highest BCUT2D eigenvalue weighted by Gasteiger charge is 2.39. The largest absolute Gasteiger partial charge is 0.368 e. The molecule has 2 aromatic rings. The fourth-order valence-electron chi connectivity index (χ4n) is 2.81. The third-order valence-corrected chi connectivity index (χ3v) is 4.27. The number of anilines is 1. The number of tetrazole rings is 1. The molecule has 1 aromatic heterocycles. The summed E-state index contributed by atoms with van der Waals surface area (Å²) in [6, 6.07) is 4.27. The van der Waals surface area contributed by atoms with E-state index in [-0.39, 0.29) is 24.0 Å². The van der Waals surface area contributed by atoms with Gasteiger partial charge in [-0.25, -0.2) is 4.39 Å². The van der Waals surface area contributed by atoms with Crippen molar-refractivity contribution in [1.82, 2.24) is 25.5 Å². The fraction of sp³-hybridized carbons (Fsp3) is 0.467. The van der Waals surface area contributed by atoms with Gasteiger partial charge in [-0.1, -0.05) is 0 Å². The molecule has 1 aliphatic rings. The molecule has 1 fully saturated rings. The van der Waals surface area contributed by atoms with Gasteiger partial charge in [0.25, 0.3) is 5.91 Å². The van der Waals surface area contributed by atoms with Crippen LogP contribution in [0.15, 0.2) is 18.2 Å². The van der Waals surface area contributed by atoms with Gasteiger partial charge < -0.3 is 15.4 Å². The van der Waals surface area contributed by atoms with Crippen molar-refractivity contribution < 1.29 is 13.9 Å². The normalized spacial score (nSPS) is 16.1. The van der Waals surface area contributed by atoms with Crippen molar-refractivity contribution in [1.29, 1.82) is 0 Å². The Morgan fingerprint density at radius 1 is 1.40 bits per heavy atom. The quantitative estimate of drug-likeness (QED) is 0.841. The van der Waals surface area contributed by atoms with Crippen LogP contribution in [0, 0.1) is 12.7 Å². The maximum absolute atomic E-state index is 14.1. The molecule has 136 valence electrons. The molecule has 1 aromatic carbocycles. The number of hydrogen-bond acceptors (Lipinski definition) is 6. The van der Waals surface area contributed by atoms with E-state index in [0.29, 0.717) is 37.4 Å². The molecular formula is C15H20ClFN6O2. The average molecular weight is 371 g/mol. The number of rotatable bonds is 4. The summed E-state index contributed by atoms with van der Waals surface area (Å²) in [5.41, 5.74) is -0.238. The third kappa shape index (κ3) is 3.78. The van der Waals surface area contributed by atoms with E-state index in [1.165, 1.54) is 30.0 Å². The molecule has 1 aliphatic heterocycles. The van der Waals surface area contributed by atoms with E-state index < -0.39 is 11.4 Å². The van der Waals surface area contributed by atoms with E-state index in [1.807, 2.05) is 0 Å². The second-order valence-corrected chi connectivity index (χ2v) is 5.71. The van der Waals surface area contributed by atoms with Crippen LogP contribution in [0.5, 0.6) is 0 Å². The molecule has 0 unspecified atom stereocenters. The minimum absolute atomic E-state index is 0. The highest BCUT2D eigenvalue weighted by atomic mass is 35.5. The molecule has 0 atom stereocenters. The Kier molecular flexibility index (Phi) is 6.04. The average Bonchev–Trinajstić information content (AvgIpc) is 3.03. The number of piperidine rings is 1. The Morgan fingerprint density at radius 3 is 2.72 bits per heavy atom. The number of nitrogens with one attached hydrogen (secondary N) is 2. The Morgan fingerprint density at radius 2 is 2.12 bits per heavy atom. The first-order valence-electron chi connectivity index (χ1n) is 7.68. The van der Waals surface area contributed by atoms with Gasteiger partial charge in [-0.05, 0) is 61.5 Å². The highest BCUT2D eigenvalue weighted by Crippen LogP contribution is 2.26. The maximum Gasteiger partial charge on any atom is 0.256 e. The number of nitrogens with zero attached hydrogens (tertiary/aromatic N) is 4. The van der Waals surface area contributed by atoms with E-state index in [2.05, 4.69) is 26.2 Å². The first-order chi connectivity index (χ1) is 11.6. The van der Waals surface area contributed by atoms with Gasteiger partial charge >= 0.3 is 0 Å². The molecule has 2 heterocycles. The van der Waals surface area contributed by atoms with Crippen LogP contribution in [0.4, 0.5) is 10.1 Å². The van der Waals surface area contributed by atoms with Gasteiger partial charge in [0.2, 0.25) is 0 Å². The number of carbonyl (C=O) groups excluding carboxylic acids is 1. The van der Waals surface area contributed by atoms with E-state index in [1.54, 1.807) is 6.92 Å². The molecule has 10 heteroatoms. The summed E-state index contributed by atoms with van der Waals surface area (Å²) in [4.78, 5) is 12.7. The molecule has 0 bridgehead atoms. The van der Waals surface area contributed by atoms with Gasteiger partial charge in [0, 0.05) is 12.8 Å². The number of aromatic nitrogens is 4. The van der Waals surface area contributed by atoms with Crippen LogP contribution < -0.4 is 10.6 Å². The number of carbonyl (C=O) groups is 1. The molecule has 1 saturated heterocycles. The number of halogens is 2. The van der Waals surface area contributed by atoms with Gasteiger partial charge in [0.15, 0.2) is 5.82 Å². The zero-order valence-corrected chi connectivity index (χ0v) is 14.8. The lowest BCUT2D eigenvalue weighted by Gasteiger charge is -2.34. The van der Waals surface area contributed by atoms with E-state index in [0.717, 1.165) is 0 Å². The SMILES string of the molecule is COC1(C(=O)Nc2ccc(F)c(-n3nnnc3C)c2)CCNCC1.Cl. The fourth-order valence-corrected chi connectivity index (χ4v) is 2.81. The molecule has 2 N–H and O–H groups in total. The van der Waals surface area contributed by atoms with Gasteiger partial charge in [-0.2, -0.15) is 4.68 Å². The zero-order chi connectivity index (χ0) is 17.2. The van der Waals surface area contributed by atoms with Crippen molar-refractivity contribution in [2.45, 2.75) is 25.4 Å². The highest BCUT2D eigenvalue weighted by molar-refractivity contribution is 5.97. The monoisotopic (exact) mass is 370 g/mol. The van der Waals surface area contributed by atoms with Crippen LogP contribution in [0.3, 0.4) is 0 Å². The smallest absolute Gasteiger partial charge is 0.256 e. The lowest BCUT2D eigenvalue weighted by molar-refractivity contribution is -0.140. The van der Waals surface area contributed by atoms with Crippen LogP contribution >= 0.6 is 12.4 Å². The number of aryl methyl sites for hydroxylation is 1. The maximum atomic E-state index is 14.1. The Labute approximate surface area is 150 Å². The molecule has 0 aliphatic carbocycles. The van der Waals surface area contributed by atoms with E-state index >= 15 is 0 Å². The predicted molar refractivity (Wildman–Crippen MR) is 91.6 cm³/mol. The number of amides is 1. The van der Waals surface area contributed by atoms with Crippen LogP contribution in [-0.4, -0.2) is 51.9 Å². The number of ether oxygens (including phenoxy) is 1. The summed E-state index contributed by atoms with van der Waals surface area (Å²) in [7, 11) is 1.53. The van der Waals surface area contributed by atoms with Crippen LogP contribution in [-0.2, 0) is 9.53 Å². The number of hydrogen-bond donors (Lipinski definition) is 2. The molecule has 25 heavy (non-hydrogen) atoms. The van der Waals surface area contributed by atoms with Crippen molar-refractivity contribution in [3.8, 4) is 5.69 Å². The first kappa shape index (κ1) is 19.2. The molecule has 3 rings (SSSR count). The van der Waals surface area contributed by atoms with Crippen molar-refractivity contribution >= 4 is 24.0 Å². The Hall–Kier alpha value is -2.10. The summed E-state index contributed by atoms with van der Waals surface area (Å²) in [6.07, 6.45) is 1.16. The van der Waals surface area contributed by atoms with Gasteiger partial charge in [-0.3, -0.25) is 4.79 Å². The summed E-state index contributed by atoms with van der Waals surface area (Å²) >= 11 is 0. The summed E-state index contributed by atoms with van der Waals surface area (Å²) in [5.74, 6) is -0.270. The van der Waals surface area contributed by atoms with E-state index in [4.69, 9.17) is 4.74 Å². The van der Waals surface area contributed by atoms with Crippen LogP contribution in [0.25, 0.3) is 5.69 Å². The molecule has 0 saturated carbocycles. The Bertz CT molecular complexity index is 747. The van der Waals surface area contributed by atoms with Gasteiger partial charge in [0.05, 0.1) is 0 Å². The lowest BCUT2D eigenvalue weighted by Crippen LogP contribution is -2.51. The van der Waals surface area contributed by atoms with Crippen molar-refractivity contribution in [3.05, 3.63) is 29.8 Å². The summed E-state index contributed by atoms with van der Waals surface area (Å²) < 4.78 is 20.9. The van der Waals surface area contributed by atoms with E-state index in [9.17, 15) is 9.18 Å². The van der Waals surface area contributed by atoms with Gasteiger partial charge in [-0.15, -0.1) is 17.5 Å². The topological polar surface area (TPSA) is 94.0 Å². The first-order valence-corrected chi connectivity index (χ1v) is 7.68.